The molecule has 1 N–H and O–H groups in total. The Morgan fingerprint density at radius 3 is 2.54 bits per heavy atom. The molecular weight excluding hydrogens is 186 g/mol. The van der Waals surface area contributed by atoms with Crippen LogP contribution >= 0.6 is 11.6 Å². The van der Waals surface area contributed by atoms with E-state index in [1.54, 1.807) is 30.3 Å². The van der Waals surface area contributed by atoms with Crippen LogP contribution in [0.3, 0.4) is 0 Å². The highest BCUT2D eigenvalue weighted by Crippen LogP contribution is 2.11. The van der Waals surface area contributed by atoms with Gasteiger partial charge in [-0.1, -0.05) is 23.7 Å². The molecule has 0 unspecified atom stereocenters. The molecule has 13 heavy (non-hydrogen) atoms. The van der Waals surface area contributed by atoms with Gasteiger partial charge in [0.25, 0.3) is 0 Å². The van der Waals surface area contributed by atoms with Crippen LogP contribution in [0.25, 0.3) is 6.08 Å². The smallest absolute Gasteiger partial charge is 0.0971 e. The molecule has 0 saturated carbocycles. The number of benzene rings is 1. The van der Waals surface area contributed by atoms with Crippen molar-refractivity contribution in [3.05, 3.63) is 40.4 Å². The minimum Gasteiger partial charge on any atom is -0.391 e. The highest BCUT2D eigenvalue weighted by atomic mass is 35.5. The van der Waals surface area contributed by atoms with Gasteiger partial charge in [-0.2, -0.15) is 5.26 Å². The SMILES string of the molecule is N#C/C(=C/c1ccc(Cl)cc1)CO. The summed E-state index contributed by atoms with van der Waals surface area (Å²) >= 11 is 5.68. The molecule has 0 aliphatic heterocycles. The van der Waals surface area contributed by atoms with Crippen molar-refractivity contribution in [3.63, 3.8) is 0 Å². The van der Waals surface area contributed by atoms with E-state index in [2.05, 4.69) is 0 Å². The Morgan fingerprint density at radius 2 is 2.08 bits per heavy atom. The second kappa shape index (κ2) is 4.66. The second-order valence-electron chi connectivity index (χ2n) is 2.49. The summed E-state index contributed by atoms with van der Waals surface area (Å²) in [6, 6.07) is 8.94. The van der Waals surface area contributed by atoms with Crippen LogP contribution in [0, 0.1) is 11.3 Å². The van der Waals surface area contributed by atoms with Crippen molar-refractivity contribution in [1.82, 2.24) is 0 Å². The fourth-order valence-corrected chi connectivity index (χ4v) is 0.999. The van der Waals surface area contributed by atoms with Crippen molar-refractivity contribution >= 4 is 17.7 Å². The molecule has 2 nitrogen and oxygen atoms in total. The summed E-state index contributed by atoms with van der Waals surface area (Å²) in [5, 5.41) is 17.9. The molecule has 0 atom stereocenters. The zero-order chi connectivity index (χ0) is 9.68. The van der Waals surface area contributed by atoms with Crippen molar-refractivity contribution in [2.24, 2.45) is 0 Å². The minimum absolute atomic E-state index is 0.237. The van der Waals surface area contributed by atoms with E-state index in [9.17, 15) is 0 Å². The summed E-state index contributed by atoms with van der Waals surface area (Å²) in [4.78, 5) is 0. The molecule has 0 aliphatic carbocycles. The van der Waals surface area contributed by atoms with Gasteiger partial charge in [0.2, 0.25) is 0 Å². The predicted octanol–water partition coefficient (Wildman–Crippen LogP) is 2.24. The van der Waals surface area contributed by atoms with Crippen molar-refractivity contribution in [2.75, 3.05) is 6.61 Å². The van der Waals surface area contributed by atoms with Gasteiger partial charge in [-0.05, 0) is 23.8 Å². The van der Waals surface area contributed by atoms with Crippen LogP contribution in [0.1, 0.15) is 5.56 Å². The van der Waals surface area contributed by atoms with Gasteiger partial charge in [-0.25, -0.2) is 0 Å². The molecule has 0 heterocycles. The maximum absolute atomic E-state index is 8.73. The second-order valence-corrected chi connectivity index (χ2v) is 2.93. The van der Waals surface area contributed by atoms with Crippen LogP contribution < -0.4 is 0 Å². The molecule has 0 aromatic heterocycles. The highest BCUT2D eigenvalue weighted by Gasteiger charge is 1.93. The van der Waals surface area contributed by atoms with Crippen LogP contribution in [0.2, 0.25) is 5.02 Å². The first-order chi connectivity index (χ1) is 6.26. The number of rotatable bonds is 2. The molecule has 0 fully saturated rings. The number of hydrogen-bond donors (Lipinski definition) is 1. The van der Waals surface area contributed by atoms with Crippen LogP contribution in [0.4, 0.5) is 0 Å². The summed E-state index contributed by atoms with van der Waals surface area (Å²) in [6.45, 7) is -0.237. The first-order valence-corrected chi connectivity index (χ1v) is 4.11. The third-order valence-electron chi connectivity index (χ3n) is 1.52. The monoisotopic (exact) mass is 193 g/mol. The van der Waals surface area contributed by atoms with E-state index in [0.29, 0.717) is 10.6 Å². The van der Waals surface area contributed by atoms with Crippen molar-refractivity contribution in [1.29, 1.82) is 5.26 Å². The molecular formula is C10H8ClNO. The third-order valence-corrected chi connectivity index (χ3v) is 1.78. The lowest BCUT2D eigenvalue weighted by Gasteiger charge is -1.94. The minimum atomic E-state index is -0.237. The molecule has 0 spiro atoms. The summed E-state index contributed by atoms with van der Waals surface area (Å²) < 4.78 is 0. The number of hydrogen-bond acceptors (Lipinski definition) is 2. The Bertz CT molecular complexity index is 348. The van der Waals surface area contributed by atoms with Gasteiger partial charge in [0.05, 0.1) is 18.2 Å². The lowest BCUT2D eigenvalue weighted by molar-refractivity contribution is 0.337. The van der Waals surface area contributed by atoms with Gasteiger partial charge >= 0.3 is 0 Å². The summed E-state index contributed by atoms with van der Waals surface area (Å²) in [5.41, 5.74) is 1.19. The Kier molecular flexibility index (Phi) is 3.51. The van der Waals surface area contributed by atoms with Crippen LogP contribution in [-0.4, -0.2) is 11.7 Å². The van der Waals surface area contributed by atoms with Gasteiger partial charge < -0.3 is 5.11 Å². The van der Waals surface area contributed by atoms with E-state index < -0.39 is 0 Å². The zero-order valence-corrected chi connectivity index (χ0v) is 7.62. The Balaban J connectivity index is 2.92. The van der Waals surface area contributed by atoms with Gasteiger partial charge in [0.1, 0.15) is 0 Å². The van der Waals surface area contributed by atoms with Gasteiger partial charge in [0.15, 0.2) is 0 Å². The van der Waals surface area contributed by atoms with Gasteiger partial charge in [-0.15, -0.1) is 0 Å². The lowest BCUT2D eigenvalue weighted by atomic mass is 10.1. The average molecular weight is 194 g/mol. The first kappa shape index (κ1) is 9.79. The van der Waals surface area contributed by atoms with E-state index in [4.69, 9.17) is 22.0 Å². The van der Waals surface area contributed by atoms with E-state index in [-0.39, 0.29) is 6.61 Å². The molecule has 1 rings (SSSR count). The summed E-state index contributed by atoms with van der Waals surface area (Å²) in [7, 11) is 0. The molecule has 1 aromatic carbocycles. The standard InChI is InChI=1S/C10H8ClNO/c11-10-3-1-8(2-4-10)5-9(6-12)7-13/h1-5,13H,7H2/b9-5-. The van der Waals surface area contributed by atoms with Crippen molar-refractivity contribution < 1.29 is 5.11 Å². The third kappa shape index (κ3) is 2.90. The van der Waals surface area contributed by atoms with Gasteiger partial charge in [-0.3, -0.25) is 0 Å². The van der Waals surface area contributed by atoms with E-state index in [1.807, 2.05) is 6.07 Å². The fraction of sp³-hybridized carbons (Fsp3) is 0.100. The molecule has 0 bridgehead atoms. The number of nitriles is 1. The fourth-order valence-electron chi connectivity index (χ4n) is 0.873. The summed E-state index contributed by atoms with van der Waals surface area (Å²) in [6.07, 6.45) is 1.62. The molecule has 0 radical (unpaired) electrons. The van der Waals surface area contributed by atoms with Crippen molar-refractivity contribution in [2.45, 2.75) is 0 Å². The van der Waals surface area contributed by atoms with Crippen molar-refractivity contribution in [3.8, 4) is 6.07 Å². The Labute approximate surface area is 81.7 Å². The largest absolute Gasteiger partial charge is 0.391 e. The van der Waals surface area contributed by atoms with E-state index in [1.165, 1.54) is 0 Å². The van der Waals surface area contributed by atoms with Crippen LogP contribution in [0.5, 0.6) is 0 Å². The Morgan fingerprint density at radius 1 is 1.46 bits per heavy atom. The maximum atomic E-state index is 8.73. The van der Waals surface area contributed by atoms with Crippen LogP contribution in [0.15, 0.2) is 29.8 Å². The van der Waals surface area contributed by atoms with E-state index >= 15 is 0 Å². The van der Waals surface area contributed by atoms with Gasteiger partial charge in [0, 0.05) is 5.02 Å². The molecule has 0 saturated heterocycles. The molecule has 3 heteroatoms. The number of aliphatic hydroxyl groups is 1. The molecule has 66 valence electrons. The predicted molar refractivity (Wildman–Crippen MR) is 52.1 cm³/mol. The first-order valence-electron chi connectivity index (χ1n) is 3.73. The summed E-state index contributed by atoms with van der Waals surface area (Å²) in [5.74, 6) is 0. The maximum Gasteiger partial charge on any atom is 0.0971 e. The molecule has 0 amide bonds. The zero-order valence-electron chi connectivity index (χ0n) is 6.87. The molecule has 0 aliphatic rings. The number of aliphatic hydroxyl groups excluding tert-OH is 1. The average Bonchev–Trinajstić information content (AvgIpc) is 2.17. The quantitative estimate of drug-likeness (QED) is 0.733. The number of nitrogens with zero attached hydrogens (tertiary/aromatic N) is 1. The van der Waals surface area contributed by atoms with E-state index in [0.717, 1.165) is 5.56 Å². The lowest BCUT2D eigenvalue weighted by Crippen LogP contribution is -1.85. The normalized spacial score (nSPS) is 11.0. The molecule has 1 aromatic rings. The Hall–Kier alpha value is -1.30. The van der Waals surface area contributed by atoms with Crippen LogP contribution in [-0.2, 0) is 0 Å². The highest BCUT2D eigenvalue weighted by molar-refractivity contribution is 6.30. The topological polar surface area (TPSA) is 44.0 Å². The number of halogens is 1.